The van der Waals surface area contributed by atoms with Crippen LogP contribution in [0.2, 0.25) is 0 Å². The van der Waals surface area contributed by atoms with Crippen molar-refractivity contribution < 1.29 is 17.9 Å². The van der Waals surface area contributed by atoms with Crippen molar-refractivity contribution in [3.05, 3.63) is 29.8 Å². The Kier molecular flexibility index (Phi) is 4.60. The number of ether oxygens (including phenoxy) is 1. The first kappa shape index (κ1) is 15.5. The fourth-order valence-corrected chi connectivity index (χ4v) is 3.12. The van der Waals surface area contributed by atoms with E-state index in [1.165, 1.54) is 24.3 Å². The van der Waals surface area contributed by atoms with Crippen molar-refractivity contribution in [1.29, 1.82) is 5.26 Å². The minimum absolute atomic E-state index is 0.0288. The lowest BCUT2D eigenvalue weighted by Gasteiger charge is -2.10. The third-order valence-corrected chi connectivity index (χ3v) is 4.61. The summed E-state index contributed by atoms with van der Waals surface area (Å²) in [5.74, 6) is -1.68. The summed E-state index contributed by atoms with van der Waals surface area (Å²) < 4.78 is 31.4. The molecule has 7 heteroatoms. The van der Waals surface area contributed by atoms with E-state index in [4.69, 9.17) is 10.00 Å². The van der Waals surface area contributed by atoms with E-state index >= 15 is 0 Å². The predicted molar refractivity (Wildman–Crippen MR) is 74.8 cm³/mol. The van der Waals surface area contributed by atoms with Crippen molar-refractivity contribution in [2.75, 3.05) is 6.61 Å². The summed E-state index contributed by atoms with van der Waals surface area (Å²) in [5.41, 5.74) is 0.418. The highest BCUT2D eigenvalue weighted by Gasteiger charge is 2.28. The molecule has 21 heavy (non-hydrogen) atoms. The third kappa shape index (κ3) is 3.80. The molecule has 1 N–H and O–H groups in total. The van der Waals surface area contributed by atoms with Crippen molar-refractivity contribution >= 4 is 16.0 Å². The maximum Gasteiger partial charge on any atom is 0.327 e. The molecule has 0 aromatic heterocycles. The summed E-state index contributed by atoms with van der Waals surface area (Å²) in [6.07, 6.45) is 1.72. The van der Waals surface area contributed by atoms with Crippen LogP contribution >= 0.6 is 0 Å². The smallest absolute Gasteiger partial charge is 0.327 e. The summed E-state index contributed by atoms with van der Waals surface area (Å²) in [6.45, 7) is 1.85. The largest absolute Gasteiger partial charge is 0.465 e. The molecule has 1 atom stereocenters. The van der Waals surface area contributed by atoms with Crippen LogP contribution in [0.3, 0.4) is 0 Å². The average molecular weight is 308 g/mol. The van der Waals surface area contributed by atoms with Gasteiger partial charge in [0.25, 0.3) is 0 Å². The van der Waals surface area contributed by atoms with Crippen LogP contribution in [0.15, 0.2) is 29.2 Å². The Bertz CT molecular complexity index is 657. The second kappa shape index (κ2) is 6.24. The van der Waals surface area contributed by atoms with Gasteiger partial charge >= 0.3 is 5.97 Å². The number of hydrogen-bond donors (Lipinski definition) is 1. The average Bonchev–Trinajstić information content (AvgIpc) is 3.24. The zero-order valence-electron chi connectivity index (χ0n) is 11.6. The van der Waals surface area contributed by atoms with Crippen molar-refractivity contribution in [1.82, 2.24) is 4.72 Å². The maximum atomic E-state index is 12.0. The second-order valence-electron chi connectivity index (χ2n) is 4.78. The summed E-state index contributed by atoms with van der Waals surface area (Å²) >= 11 is 0. The maximum absolute atomic E-state index is 12.0. The molecule has 1 aromatic carbocycles. The quantitative estimate of drug-likeness (QED) is 0.799. The minimum Gasteiger partial charge on any atom is -0.465 e. The first-order valence-corrected chi connectivity index (χ1v) is 8.14. The molecule has 1 aliphatic rings. The molecular formula is C14H16N2O4S. The Morgan fingerprint density at radius 3 is 2.52 bits per heavy atom. The number of sulfonamides is 1. The molecule has 1 fully saturated rings. The van der Waals surface area contributed by atoms with E-state index in [1.807, 2.05) is 6.07 Å². The normalized spacial score (nSPS) is 16.0. The van der Waals surface area contributed by atoms with Crippen LogP contribution in [0, 0.1) is 11.3 Å². The zero-order chi connectivity index (χ0) is 15.5. The van der Waals surface area contributed by atoms with Crippen LogP contribution < -0.4 is 4.72 Å². The number of hydrogen-bond acceptors (Lipinski definition) is 5. The van der Waals surface area contributed by atoms with Gasteiger partial charge in [-0.3, -0.25) is 4.79 Å². The van der Waals surface area contributed by atoms with Gasteiger partial charge in [-0.05, 0) is 37.5 Å². The monoisotopic (exact) mass is 308 g/mol. The molecule has 1 aromatic rings. The van der Waals surface area contributed by atoms with Gasteiger partial charge in [-0.2, -0.15) is 5.26 Å². The third-order valence-electron chi connectivity index (χ3n) is 3.07. The summed E-state index contributed by atoms with van der Waals surface area (Å²) in [6, 6.07) is 7.61. The molecule has 0 aliphatic heterocycles. The van der Waals surface area contributed by atoms with Gasteiger partial charge in [0.2, 0.25) is 10.0 Å². The fourth-order valence-electron chi connectivity index (χ4n) is 1.82. The number of nitrogens with one attached hydrogen (secondary N) is 1. The second-order valence-corrected chi connectivity index (χ2v) is 6.49. The Morgan fingerprint density at radius 2 is 2.05 bits per heavy atom. The van der Waals surface area contributed by atoms with Crippen molar-refractivity contribution in [2.45, 2.75) is 36.6 Å². The molecule has 0 saturated heterocycles. The summed E-state index contributed by atoms with van der Waals surface area (Å²) in [7, 11) is -3.53. The highest BCUT2D eigenvalue weighted by Crippen LogP contribution is 2.23. The van der Waals surface area contributed by atoms with Gasteiger partial charge in [0.1, 0.15) is 0 Å². The number of rotatable bonds is 6. The van der Waals surface area contributed by atoms with E-state index in [0.717, 1.165) is 12.8 Å². The minimum atomic E-state index is -3.53. The molecule has 2 rings (SSSR count). The molecule has 0 spiro atoms. The lowest BCUT2D eigenvalue weighted by Crippen LogP contribution is -2.25. The van der Waals surface area contributed by atoms with Crippen LogP contribution in [0.25, 0.3) is 0 Å². The lowest BCUT2D eigenvalue weighted by atomic mass is 10.0. The molecule has 1 saturated carbocycles. The molecular weight excluding hydrogens is 292 g/mol. The molecule has 0 bridgehead atoms. The van der Waals surface area contributed by atoms with E-state index < -0.39 is 21.9 Å². The summed E-state index contributed by atoms with van der Waals surface area (Å²) in [4.78, 5) is 11.8. The number of nitriles is 1. The van der Waals surface area contributed by atoms with E-state index in [9.17, 15) is 13.2 Å². The van der Waals surface area contributed by atoms with Crippen molar-refractivity contribution in [3.8, 4) is 6.07 Å². The topological polar surface area (TPSA) is 96.3 Å². The first-order chi connectivity index (χ1) is 9.97. The zero-order valence-corrected chi connectivity index (χ0v) is 12.4. The van der Waals surface area contributed by atoms with Gasteiger partial charge in [0.15, 0.2) is 5.92 Å². The van der Waals surface area contributed by atoms with Crippen LogP contribution in [-0.2, 0) is 19.6 Å². The number of carbonyl (C=O) groups excluding carboxylic acids is 1. The molecule has 112 valence electrons. The predicted octanol–water partition coefficient (Wildman–Crippen LogP) is 1.30. The standard InChI is InChI=1S/C14H16N2O4S/c1-2-20-14(17)13(9-15)10-3-7-12(8-4-10)21(18,19)16-11-5-6-11/h3-4,7-8,11,13,16H,2,5-6H2,1H3. The first-order valence-electron chi connectivity index (χ1n) is 6.66. The van der Waals surface area contributed by atoms with Gasteiger partial charge < -0.3 is 4.74 Å². The highest BCUT2D eigenvalue weighted by atomic mass is 32.2. The van der Waals surface area contributed by atoms with E-state index in [2.05, 4.69) is 4.72 Å². The van der Waals surface area contributed by atoms with Gasteiger partial charge in [-0.15, -0.1) is 0 Å². The Morgan fingerprint density at radius 1 is 1.43 bits per heavy atom. The van der Waals surface area contributed by atoms with Gasteiger partial charge in [-0.1, -0.05) is 12.1 Å². The molecule has 1 unspecified atom stereocenters. The Hall–Kier alpha value is -1.91. The van der Waals surface area contributed by atoms with E-state index in [0.29, 0.717) is 5.56 Å². The van der Waals surface area contributed by atoms with Crippen LogP contribution in [-0.4, -0.2) is 27.0 Å². The van der Waals surface area contributed by atoms with Gasteiger partial charge in [0, 0.05) is 6.04 Å². The van der Waals surface area contributed by atoms with Gasteiger partial charge in [0.05, 0.1) is 17.6 Å². The highest BCUT2D eigenvalue weighted by molar-refractivity contribution is 7.89. The summed E-state index contributed by atoms with van der Waals surface area (Å²) in [5, 5.41) is 9.05. The molecule has 0 amide bonds. The number of esters is 1. The molecule has 0 radical (unpaired) electrons. The Labute approximate surface area is 123 Å². The van der Waals surface area contributed by atoms with E-state index in [1.54, 1.807) is 6.92 Å². The Balaban J connectivity index is 2.17. The van der Waals surface area contributed by atoms with Crippen LogP contribution in [0.4, 0.5) is 0 Å². The fraction of sp³-hybridized carbons (Fsp3) is 0.429. The van der Waals surface area contributed by atoms with Crippen molar-refractivity contribution in [2.24, 2.45) is 0 Å². The van der Waals surface area contributed by atoms with E-state index in [-0.39, 0.29) is 17.5 Å². The van der Waals surface area contributed by atoms with Gasteiger partial charge in [-0.25, -0.2) is 13.1 Å². The lowest BCUT2D eigenvalue weighted by molar-refractivity contribution is -0.143. The molecule has 1 aliphatic carbocycles. The SMILES string of the molecule is CCOC(=O)C(C#N)c1ccc(S(=O)(=O)NC2CC2)cc1. The van der Waals surface area contributed by atoms with Crippen LogP contribution in [0.5, 0.6) is 0 Å². The number of nitrogens with zero attached hydrogens (tertiary/aromatic N) is 1. The number of benzene rings is 1. The molecule has 0 heterocycles. The molecule has 6 nitrogen and oxygen atoms in total. The van der Waals surface area contributed by atoms with Crippen molar-refractivity contribution in [3.63, 3.8) is 0 Å². The van der Waals surface area contributed by atoms with Crippen LogP contribution in [0.1, 0.15) is 31.2 Å². The number of carbonyl (C=O) groups is 1.